The summed E-state index contributed by atoms with van der Waals surface area (Å²) in [4.78, 5) is 5.94. The van der Waals surface area contributed by atoms with Crippen LogP contribution in [0, 0.1) is 19.3 Å². The lowest BCUT2D eigenvalue weighted by molar-refractivity contribution is 0.487. The minimum Gasteiger partial charge on any atom is -0.298 e. The van der Waals surface area contributed by atoms with Crippen LogP contribution in [0.5, 0.6) is 0 Å². The largest absolute Gasteiger partial charge is 0.298 e. The highest BCUT2D eigenvalue weighted by Gasteiger charge is 2.22. The average molecular weight is 206 g/mol. The first-order chi connectivity index (χ1) is 6.81. The van der Waals surface area contributed by atoms with Crippen molar-refractivity contribution < 1.29 is 0 Å². The molecule has 1 aliphatic carbocycles. The Kier molecular flexibility index (Phi) is 2.85. The lowest BCUT2D eigenvalue weighted by Crippen LogP contribution is -2.24. The van der Waals surface area contributed by atoms with E-state index in [2.05, 4.69) is 23.1 Å². The van der Waals surface area contributed by atoms with E-state index in [0.29, 0.717) is 12.6 Å². The zero-order valence-corrected chi connectivity index (χ0v) is 9.16. The molecule has 0 aromatic carbocycles. The van der Waals surface area contributed by atoms with Crippen molar-refractivity contribution in [2.45, 2.75) is 32.2 Å². The van der Waals surface area contributed by atoms with E-state index in [9.17, 15) is 0 Å². The molecule has 1 aromatic heterocycles. The summed E-state index contributed by atoms with van der Waals surface area (Å²) in [6.45, 7) is 2.72. The Bertz CT molecular complexity index is 362. The monoisotopic (exact) mass is 206 g/mol. The van der Waals surface area contributed by atoms with E-state index in [1.165, 1.54) is 28.4 Å². The first-order valence-electron chi connectivity index (χ1n) is 4.94. The lowest BCUT2D eigenvalue weighted by atomic mass is 9.98. The van der Waals surface area contributed by atoms with E-state index in [1.807, 2.05) is 0 Å². The van der Waals surface area contributed by atoms with Gasteiger partial charge in [-0.25, -0.2) is 4.98 Å². The Hall–Kier alpha value is -0.850. The summed E-state index contributed by atoms with van der Waals surface area (Å²) in [5, 5.41) is 4.55. The Labute approximate surface area is 88.8 Å². The number of nitrogens with one attached hydrogen (secondary N) is 1. The molecule has 1 aromatic rings. The predicted octanol–water partition coefficient (Wildman–Crippen LogP) is 2.05. The number of terminal acetylenes is 1. The number of aryl methyl sites for hydroxylation is 2. The van der Waals surface area contributed by atoms with E-state index in [0.717, 1.165) is 6.42 Å². The summed E-state index contributed by atoms with van der Waals surface area (Å²) in [6, 6.07) is 0.445. The molecule has 1 heterocycles. The van der Waals surface area contributed by atoms with Crippen molar-refractivity contribution >= 4 is 11.3 Å². The summed E-state index contributed by atoms with van der Waals surface area (Å²) in [6.07, 6.45) is 8.79. The molecule has 3 heteroatoms. The Morgan fingerprint density at radius 2 is 2.57 bits per heavy atom. The van der Waals surface area contributed by atoms with Gasteiger partial charge in [-0.05, 0) is 26.2 Å². The van der Waals surface area contributed by atoms with Crippen LogP contribution in [0.1, 0.15) is 34.5 Å². The summed E-state index contributed by atoms with van der Waals surface area (Å²) in [5.41, 5.74) is 1.29. The van der Waals surface area contributed by atoms with Gasteiger partial charge in [0.05, 0.1) is 17.2 Å². The fraction of sp³-hybridized carbons (Fsp3) is 0.545. The maximum atomic E-state index is 5.25. The van der Waals surface area contributed by atoms with Gasteiger partial charge in [-0.15, -0.1) is 17.8 Å². The molecule has 0 amide bonds. The van der Waals surface area contributed by atoms with Crippen LogP contribution >= 0.6 is 11.3 Å². The van der Waals surface area contributed by atoms with E-state index in [1.54, 1.807) is 11.3 Å². The number of aromatic nitrogens is 1. The Morgan fingerprint density at radius 1 is 1.71 bits per heavy atom. The molecule has 14 heavy (non-hydrogen) atoms. The van der Waals surface area contributed by atoms with Crippen molar-refractivity contribution in [1.29, 1.82) is 0 Å². The Balaban J connectivity index is 2.18. The lowest BCUT2D eigenvalue weighted by Gasteiger charge is -2.21. The molecule has 0 aliphatic heterocycles. The van der Waals surface area contributed by atoms with E-state index in [4.69, 9.17) is 6.42 Å². The molecule has 0 saturated heterocycles. The van der Waals surface area contributed by atoms with Gasteiger partial charge in [-0.2, -0.15) is 0 Å². The summed E-state index contributed by atoms with van der Waals surface area (Å²) >= 11 is 1.81. The first kappa shape index (κ1) is 9.70. The third-order valence-corrected chi connectivity index (χ3v) is 3.63. The molecule has 0 fully saturated rings. The van der Waals surface area contributed by atoms with Gasteiger partial charge in [-0.1, -0.05) is 5.92 Å². The molecule has 0 bridgehead atoms. The van der Waals surface area contributed by atoms with Crippen molar-refractivity contribution in [3.8, 4) is 12.3 Å². The normalized spacial score (nSPS) is 20.1. The molecule has 1 aliphatic rings. The van der Waals surface area contributed by atoms with Crippen LogP contribution in [0.25, 0.3) is 0 Å². The number of thiazole rings is 1. The summed E-state index contributed by atoms with van der Waals surface area (Å²) < 4.78 is 0. The molecule has 74 valence electrons. The highest BCUT2D eigenvalue weighted by molar-refractivity contribution is 7.11. The smallest absolute Gasteiger partial charge is 0.0900 e. The maximum Gasteiger partial charge on any atom is 0.0900 e. The fourth-order valence-electron chi connectivity index (χ4n) is 1.92. The maximum absolute atomic E-state index is 5.25. The number of fused-ring (bicyclic) bond motifs is 1. The molecule has 1 N–H and O–H groups in total. The minimum atomic E-state index is 0.445. The molecular formula is C11H14N2S. The number of rotatable bonds is 2. The number of nitrogens with zero attached hydrogens (tertiary/aromatic N) is 1. The minimum absolute atomic E-state index is 0.445. The number of hydrogen-bond acceptors (Lipinski definition) is 3. The molecule has 2 rings (SSSR count). The van der Waals surface area contributed by atoms with Crippen molar-refractivity contribution in [3.63, 3.8) is 0 Å². The van der Waals surface area contributed by atoms with Crippen LogP contribution in [-0.2, 0) is 6.42 Å². The van der Waals surface area contributed by atoms with Crippen molar-refractivity contribution in [2.24, 2.45) is 0 Å². The molecule has 0 spiro atoms. The second-order valence-corrected chi connectivity index (χ2v) is 4.81. The third-order valence-electron chi connectivity index (χ3n) is 2.51. The van der Waals surface area contributed by atoms with Gasteiger partial charge >= 0.3 is 0 Å². The molecular weight excluding hydrogens is 192 g/mol. The SMILES string of the molecule is C#CCNC1CCCc2nc(C)sc21. The van der Waals surface area contributed by atoms with Gasteiger partial charge in [-0.3, -0.25) is 5.32 Å². The zero-order chi connectivity index (χ0) is 9.97. The van der Waals surface area contributed by atoms with Crippen LogP contribution in [0.3, 0.4) is 0 Å². The third kappa shape index (κ3) is 1.82. The van der Waals surface area contributed by atoms with Crippen molar-refractivity contribution in [2.75, 3.05) is 6.54 Å². The van der Waals surface area contributed by atoms with Crippen molar-refractivity contribution in [3.05, 3.63) is 15.6 Å². The van der Waals surface area contributed by atoms with Gasteiger partial charge in [0.15, 0.2) is 0 Å². The van der Waals surface area contributed by atoms with Gasteiger partial charge in [0.25, 0.3) is 0 Å². The van der Waals surface area contributed by atoms with Crippen LogP contribution in [0.4, 0.5) is 0 Å². The topological polar surface area (TPSA) is 24.9 Å². The van der Waals surface area contributed by atoms with Gasteiger partial charge in [0, 0.05) is 10.9 Å². The summed E-state index contributed by atoms with van der Waals surface area (Å²) in [5.74, 6) is 2.63. The highest BCUT2D eigenvalue weighted by Crippen LogP contribution is 2.33. The second-order valence-electron chi connectivity index (χ2n) is 3.57. The zero-order valence-electron chi connectivity index (χ0n) is 8.34. The van der Waals surface area contributed by atoms with E-state index in [-0.39, 0.29) is 0 Å². The summed E-state index contributed by atoms with van der Waals surface area (Å²) in [7, 11) is 0. The molecule has 1 unspecified atom stereocenters. The van der Waals surface area contributed by atoms with E-state index >= 15 is 0 Å². The predicted molar refractivity (Wildman–Crippen MR) is 59.4 cm³/mol. The Morgan fingerprint density at radius 3 is 3.36 bits per heavy atom. The van der Waals surface area contributed by atoms with Crippen LogP contribution in [-0.4, -0.2) is 11.5 Å². The van der Waals surface area contributed by atoms with Crippen LogP contribution in [0.15, 0.2) is 0 Å². The van der Waals surface area contributed by atoms with Gasteiger partial charge < -0.3 is 0 Å². The quantitative estimate of drug-likeness (QED) is 0.749. The van der Waals surface area contributed by atoms with E-state index < -0.39 is 0 Å². The second kappa shape index (κ2) is 4.12. The first-order valence-corrected chi connectivity index (χ1v) is 5.76. The number of hydrogen-bond donors (Lipinski definition) is 1. The molecule has 2 nitrogen and oxygen atoms in total. The fourth-order valence-corrected chi connectivity index (χ4v) is 3.00. The van der Waals surface area contributed by atoms with Crippen LogP contribution < -0.4 is 5.32 Å². The molecule has 1 atom stereocenters. The van der Waals surface area contributed by atoms with Gasteiger partial charge in [0.2, 0.25) is 0 Å². The highest BCUT2D eigenvalue weighted by atomic mass is 32.1. The molecule has 0 radical (unpaired) electrons. The van der Waals surface area contributed by atoms with Gasteiger partial charge in [0.1, 0.15) is 0 Å². The molecule has 0 saturated carbocycles. The average Bonchev–Trinajstić information content (AvgIpc) is 2.55. The van der Waals surface area contributed by atoms with Crippen molar-refractivity contribution in [1.82, 2.24) is 10.3 Å². The standard InChI is InChI=1S/C11H14N2S/c1-3-7-12-9-5-4-6-10-11(9)14-8(2)13-10/h1,9,12H,4-7H2,2H3. The van der Waals surface area contributed by atoms with Crippen LogP contribution in [0.2, 0.25) is 0 Å².